The Hall–Kier alpha value is -3.78. The molecule has 0 bridgehead atoms. The molecule has 0 aliphatic heterocycles. The summed E-state index contributed by atoms with van der Waals surface area (Å²) in [5.74, 6) is 3.55. The molecule has 0 saturated heterocycles. The summed E-state index contributed by atoms with van der Waals surface area (Å²) in [7, 11) is 0. The molecule has 5 heteroatoms. The summed E-state index contributed by atoms with van der Waals surface area (Å²) in [6.07, 6.45) is 19.3. The van der Waals surface area contributed by atoms with Crippen molar-refractivity contribution in [1.29, 1.82) is 0 Å². The number of hydrogen-bond acceptors (Lipinski definition) is 4. The molecule has 0 rings (SSSR count). The van der Waals surface area contributed by atoms with Crippen molar-refractivity contribution in [3.05, 3.63) is 108 Å². The van der Waals surface area contributed by atoms with Crippen LogP contribution in [0.5, 0.6) is 0 Å². The van der Waals surface area contributed by atoms with Gasteiger partial charge in [0.2, 0.25) is 0 Å². The number of rotatable bonds is 15. The van der Waals surface area contributed by atoms with Gasteiger partial charge in [-0.1, -0.05) is 75.5 Å². The highest BCUT2D eigenvalue weighted by Gasteiger charge is 2.17. The molecule has 0 spiro atoms. The second kappa shape index (κ2) is 16.0. The zero-order chi connectivity index (χ0) is 27.9. The van der Waals surface area contributed by atoms with Crippen molar-refractivity contribution >= 4 is 6.21 Å². The van der Waals surface area contributed by atoms with E-state index in [1.54, 1.807) is 24.3 Å². The Kier molecular flexibility index (Phi) is 14.3. The molecule has 0 aliphatic carbocycles. The van der Waals surface area contributed by atoms with Gasteiger partial charge in [0.05, 0.1) is 11.9 Å². The fraction of sp³-hybridized carbons (Fsp3) is 0.323. The number of hydrogen-bond donors (Lipinski definition) is 2. The molecule has 0 aromatic rings. The maximum Gasteiger partial charge on any atom is 0.129 e. The quantitative estimate of drug-likeness (QED) is 0.109. The van der Waals surface area contributed by atoms with E-state index in [0.717, 1.165) is 35.3 Å². The summed E-state index contributed by atoms with van der Waals surface area (Å²) >= 11 is 0. The Morgan fingerprint density at radius 3 is 2.33 bits per heavy atom. The van der Waals surface area contributed by atoms with Gasteiger partial charge < -0.3 is 16.0 Å². The number of nitrogens with two attached hydrogens (primary N) is 1. The molecule has 0 fully saturated rings. The van der Waals surface area contributed by atoms with Gasteiger partial charge in [0.1, 0.15) is 17.3 Å². The smallest absolute Gasteiger partial charge is 0.129 e. The lowest BCUT2D eigenvalue weighted by atomic mass is 10.0. The van der Waals surface area contributed by atoms with E-state index in [2.05, 4.69) is 49.5 Å². The molecular formula is C31H43FN4. The lowest BCUT2D eigenvalue weighted by molar-refractivity contribution is 0.275. The first-order valence-electron chi connectivity index (χ1n) is 11.9. The predicted molar refractivity (Wildman–Crippen MR) is 157 cm³/mol. The highest BCUT2D eigenvalue weighted by Crippen LogP contribution is 2.21. The molecule has 36 heavy (non-hydrogen) atoms. The predicted octanol–water partition coefficient (Wildman–Crippen LogP) is 7.38. The van der Waals surface area contributed by atoms with Gasteiger partial charge in [-0.3, -0.25) is 0 Å². The molecule has 0 heterocycles. The number of halogens is 1. The lowest BCUT2D eigenvalue weighted by Crippen LogP contribution is -2.32. The minimum atomic E-state index is -1.46. The fourth-order valence-electron chi connectivity index (χ4n) is 2.79. The fourth-order valence-corrected chi connectivity index (χ4v) is 2.79. The van der Waals surface area contributed by atoms with E-state index < -0.39 is 5.67 Å². The Labute approximate surface area is 218 Å². The number of nitrogens with one attached hydrogen (secondary N) is 1. The van der Waals surface area contributed by atoms with Crippen LogP contribution in [-0.2, 0) is 0 Å². The molecule has 0 saturated carbocycles. The molecule has 0 radical (unpaired) electrons. The Morgan fingerprint density at radius 1 is 1.17 bits per heavy atom. The third kappa shape index (κ3) is 12.1. The number of nitrogens with zero attached hydrogens (tertiary/aromatic N) is 2. The van der Waals surface area contributed by atoms with E-state index >= 15 is 0 Å². The van der Waals surface area contributed by atoms with E-state index in [9.17, 15) is 4.39 Å². The van der Waals surface area contributed by atoms with Gasteiger partial charge >= 0.3 is 0 Å². The first kappa shape index (κ1) is 32.2. The van der Waals surface area contributed by atoms with Crippen molar-refractivity contribution in [2.45, 2.75) is 60.1 Å². The molecule has 0 atom stereocenters. The average Bonchev–Trinajstić information content (AvgIpc) is 2.81. The molecular weight excluding hydrogens is 447 g/mol. The van der Waals surface area contributed by atoms with Crippen LogP contribution in [0.25, 0.3) is 0 Å². The molecule has 0 amide bonds. The van der Waals surface area contributed by atoms with Crippen LogP contribution in [0, 0.1) is 12.3 Å². The third-order valence-electron chi connectivity index (χ3n) is 5.34. The minimum Gasteiger partial charge on any atom is -0.397 e. The molecule has 0 aromatic heterocycles. The van der Waals surface area contributed by atoms with Crippen LogP contribution in [0.2, 0.25) is 0 Å². The van der Waals surface area contributed by atoms with E-state index in [0.29, 0.717) is 29.5 Å². The van der Waals surface area contributed by atoms with E-state index in [1.807, 2.05) is 37.8 Å². The maximum atomic E-state index is 13.9. The first-order chi connectivity index (χ1) is 16.8. The van der Waals surface area contributed by atoms with Gasteiger partial charge in [0.25, 0.3) is 0 Å². The van der Waals surface area contributed by atoms with Crippen LogP contribution >= 0.6 is 0 Å². The Bertz CT molecular complexity index is 1050. The summed E-state index contributed by atoms with van der Waals surface area (Å²) < 4.78 is 13.9. The van der Waals surface area contributed by atoms with Crippen molar-refractivity contribution in [2.24, 2.45) is 10.7 Å². The zero-order valence-electron chi connectivity index (χ0n) is 22.9. The Balaban J connectivity index is 5.82. The molecule has 0 unspecified atom stereocenters. The standard InChI is InChI=1S/C31H43FN4/c1-12-16-23(4)22-36(28(9)35-30(14-3)34-21-13-2)27(8)29(33)20-19-25(6)24(5)17-15-18-26(7)31(10,11)32/h2,14-15,17-21,35H,4,6-7,9,12,16,22,33H2,1,3,5,8,10-11H3/b18-15-,20-19-,24-17+,29-27-,30-14+,34-21-. The third-order valence-corrected chi connectivity index (χ3v) is 5.34. The summed E-state index contributed by atoms with van der Waals surface area (Å²) in [5.41, 5.74) is 9.48. The molecule has 0 aromatic carbocycles. The van der Waals surface area contributed by atoms with Crippen LogP contribution in [0.3, 0.4) is 0 Å². The number of allylic oxidation sites excluding steroid dienone is 10. The topological polar surface area (TPSA) is 53.7 Å². The van der Waals surface area contributed by atoms with Gasteiger partial charge in [-0.15, -0.1) is 6.42 Å². The second-order valence-corrected chi connectivity index (χ2v) is 8.86. The first-order valence-corrected chi connectivity index (χ1v) is 11.9. The van der Waals surface area contributed by atoms with Crippen LogP contribution in [0.15, 0.2) is 113 Å². The molecule has 194 valence electrons. The maximum absolute atomic E-state index is 13.9. The number of aliphatic imine (C=N–C) groups is 1. The Morgan fingerprint density at radius 2 is 1.81 bits per heavy atom. The van der Waals surface area contributed by atoms with Gasteiger partial charge in [-0.2, -0.15) is 0 Å². The van der Waals surface area contributed by atoms with Crippen LogP contribution in [0.4, 0.5) is 4.39 Å². The van der Waals surface area contributed by atoms with Gasteiger partial charge in [-0.05, 0) is 69.9 Å². The van der Waals surface area contributed by atoms with Crippen LogP contribution < -0.4 is 11.1 Å². The second-order valence-electron chi connectivity index (χ2n) is 8.86. The molecule has 0 aliphatic rings. The van der Waals surface area contributed by atoms with Crippen molar-refractivity contribution in [1.82, 2.24) is 10.2 Å². The van der Waals surface area contributed by atoms with Crippen molar-refractivity contribution in [2.75, 3.05) is 6.54 Å². The number of terminal acetylenes is 1. The minimum absolute atomic E-state index is 0.403. The highest BCUT2D eigenvalue weighted by atomic mass is 19.1. The van der Waals surface area contributed by atoms with Gasteiger partial charge in [0.15, 0.2) is 0 Å². The van der Waals surface area contributed by atoms with E-state index in [4.69, 9.17) is 12.2 Å². The normalized spacial score (nSPS) is 13.6. The van der Waals surface area contributed by atoms with Gasteiger partial charge in [0, 0.05) is 12.2 Å². The summed E-state index contributed by atoms with van der Waals surface area (Å²) in [4.78, 5) is 6.16. The average molecular weight is 491 g/mol. The summed E-state index contributed by atoms with van der Waals surface area (Å²) in [6, 6.07) is 0. The lowest BCUT2D eigenvalue weighted by Gasteiger charge is -2.29. The summed E-state index contributed by atoms with van der Waals surface area (Å²) in [5, 5.41) is 3.19. The largest absolute Gasteiger partial charge is 0.397 e. The highest BCUT2D eigenvalue weighted by molar-refractivity contribution is 5.78. The van der Waals surface area contributed by atoms with Crippen LogP contribution in [0.1, 0.15) is 54.4 Å². The van der Waals surface area contributed by atoms with Crippen LogP contribution in [-0.4, -0.2) is 23.3 Å². The van der Waals surface area contributed by atoms with E-state index in [-0.39, 0.29) is 0 Å². The van der Waals surface area contributed by atoms with Crippen molar-refractivity contribution in [3.8, 4) is 12.3 Å². The zero-order valence-corrected chi connectivity index (χ0v) is 22.9. The van der Waals surface area contributed by atoms with Gasteiger partial charge in [-0.25, -0.2) is 9.38 Å². The molecule has 3 N–H and O–H groups in total. The van der Waals surface area contributed by atoms with E-state index in [1.165, 1.54) is 20.1 Å². The van der Waals surface area contributed by atoms with Crippen molar-refractivity contribution in [3.63, 3.8) is 0 Å². The summed E-state index contributed by atoms with van der Waals surface area (Å²) in [6.45, 7) is 27.5. The number of alkyl halides is 1. The molecule has 4 nitrogen and oxygen atoms in total. The van der Waals surface area contributed by atoms with Crippen molar-refractivity contribution < 1.29 is 4.39 Å². The SMILES string of the molecule is C#C/C=N\C(=C/C)NC(=C)N(CC(=C)CCC)/C(C)=C(N)/C=C\C(=C)/C(C)=C/C=C\C(=C)C(C)(C)F. The monoisotopic (exact) mass is 490 g/mol.